The van der Waals surface area contributed by atoms with E-state index < -0.39 is 5.41 Å². The summed E-state index contributed by atoms with van der Waals surface area (Å²) in [5.74, 6) is 0. The van der Waals surface area contributed by atoms with Gasteiger partial charge >= 0.3 is 0 Å². The highest BCUT2D eigenvalue weighted by Crippen LogP contribution is 2.60. The van der Waals surface area contributed by atoms with Crippen LogP contribution in [0.4, 0.5) is 68.2 Å². The van der Waals surface area contributed by atoms with E-state index in [1.165, 1.54) is 94.6 Å². The fraction of sp³-hybridized carbons (Fsp3) is 0.224. The van der Waals surface area contributed by atoms with Gasteiger partial charge in [0.15, 0.2) is 5.58 Å². The van der Waals surface area contributed by atoms with Gasteiger partial charge in [-0.25, -0.2) is 0 Å². The molecule has 0 atom stereocenters. The average Bonchev–Trinajstić information content (AvgIpc) is 1.56. The third-order valence-electron chi connectivity index (χ3n) is 19.9. The first-order valence-electron chi connectivity index (χ1n) is 32.6. The second-order valence-corrected chi connectivity index (χ2v) is 29.8. The Kier molecular flexibility index (Phi) is 13.2. The molecular formula is C85H81BN4O. The van der Waals surface area contributed by atoms with Crippen molar-refractivity contribution in [2.75, 3.05) is 19.6 Å². The number of para-hydroxylation sites is 1. The van der Waals surface area contributed by atoms with Gasteiger partial charge in [-0.2, -0.15) is 0 Å². The third-order valence-corrected chi connectivity index (χ3v) is 19.9. The van der Waals surface area contributed by atoms with E-state index in [1.807, 2.05) is 0 Å². The molecule has 0 bridgehead atoms. The van der Waals surface area contributed by atoms with Gasteiger partial charge in [-0.05, 0) is 197 Å². The van der Waals surface area contributed by atoms with E-state index in [0.29, 0.717) is 0 Å². The molecular weight excluding hydrogens is 1100 g/mol. The Hall–Kier alpha value is -9.52. The Morgan fingerprint density at radius 1 is 0.396 bits per heavy atom. The summed E-state index contributed by atoms with van der Waals surface area (Å²) < 4.78 is 7.47. The molecule has 0 saturated heterocycles. The number of hydrogen-bond acceptors (Lipinski definition) is 5. The van der Waals surface area contributed by atoms with Crippen molar-refractivity contribution in [3.8, 4) is 11.1 Å². The monoisotopic (exact) mass is 1180 g/mol. The van der Waals surface area contributed by atoms with Crippen LogP contribution in [-0.4, -0.2) is 6.71 Å². The Morgan fingerprint density at radius 2 is 0.813 bits per heavy atom. The van der Waals surface area contributed by atoms with Crippen molar-refractivity contribution in [2.24, 2.45) is 0 Å². The summed E-state index contributed by atoms with van der Waals surface area (Å²) >= 11 is 0. The smallest absolute Gasteiger partial charge is 0.252 e. The molecule has 6 heteroatoms. The van der Waals surface area contributed by atoms with Crippen LogP contribution in [0.5, 0.6) is 0 Å². The van der Waals surface area contributed by atoms with Crippen LogP contribution in [0.3, 0.4) is 0 Å². The van der Waals surface area contributed by atoms with Crippen LogP contribution < -0.4 is 36.0 Å². The number of hydrogen-bond donors (Lipinski definition) is 0. The molecule has 1 aliphatic carbocycles. The molecule has 5 nitrogen and oxygen atoms in total. The van der Waals surface area contributed by atoms with Crippen LogP contribution in [0.2, 0.25) is 0 Å². The van der Waals surface area contributed by atoms with Crippen molar-refractivity contribution in [2.45, 2.75) is 126 Å². The number of fused-ring (bicyclic) bond motifs is 10. The predicted molar refractivity (Wildman–Crippen MR) is 390 cm³/mol. The fourth-order valence-electron chi connectivity index (χ4n) is 14.9. The van der Waals surface area contributed by atoms with Crippen LogP contribution in [0.25, 0.3) is 33.1 Å². The molecule has 1 aromatic heterocycles. The Bertz CT molecular complexity index is 4800. The van der Waals surface area contributed by atoms with Crippen LogP contribution >= 0.6 is 0 Å². The van der Waals surface area contributed by atoms with E-state index in [-0.39, 0.29) is 23.0 Å². The molecule has 0 fully saturated rings. The van der Waals surface area contributed by atoms with E-state index in [2.05, 4.69) is 342 Å². The molecule has 15 rings (SSSR count). The van der Waals surface area contributed by atoms with Gasteiger partial charge in [0.1, 0.15) is 5.58 Å². The van der Waals surface area contributed by atoms with Crippen molar-refractivity contribution in [1.82, 2.24) is 0 Å². The minimum absolute atomic E-state index is 0.124. The Morgan fingerprint density at radius 3 is 1.31 bits per heavy atom. The van der Waals surface area contributed by atoms with Crippen LogP contribution in [0, 0.1) is 27.7 Å². The highest BCUT2D eigenvalue weighted by Gasteiger charge is 2.48. The lowest BCUT2D eigenvalue weighted by atomic mass is 9.33. The molecule has 450 valence electrons. The minimum atomic E-state index is -0.409. The zero-order valence-corrected chi connectivity index (χ0v) is 55.6. The van der Waals surface area contributed by atoms with Gasteiger partial charge in [0.05, 0.1) is 28.1 Å². The summed E-state index contributed by atoms with van der Waals surface area (Å²) in [6.45, 7) is 34.7. The van der Waals surface area contributed by atoms with Gasteiger partial charge in [0, 0.05) is 61.9 Å². The Balaban J connectivity index is 1.06. The van der Waals surface area contributed by atoms with E-state index in [9.17, 15) is 0 Å². The summed E-state index contributed by atoms with van der Waals surface area (Å²) in [4.78, 5) is 10.2. The first-order valence-corrected chi connectivity index (χ1v) is 32.6. The van der Waals surface area contributed by atoms with Gasteiger partial charge in [0.25, 0.3) is 6.71 Å². The first-order chi connectivity index (χ1) is 43.4. The summed E-state index contributed by atoms with van der Waals surface area (Å²) in [7, 11) is 0. The molecule has 0 saturated carbocycles. The molecule has 2 aliphatic heterocycles. The van der Waals surface area contributed by atoms with E-state index >= 15 is 0 Å². The molecule has 3 aliphatic rings. The molecule has 0 N–H and O–H groups in total. The largest absolute Gasteiger partial charge is 0.454 e. The van der Waals surface area contributed by atoms with E-state index in [0.717, 1.165) is 73.1 Å². The summed E-state index contributed by atoms with van der Waals surface area (Å²) in [6.07, 6.45) is 0. The topological polar surface area (TPSA) is 26.1 Å². The highest BCUT2D eigenvalue weighted by molar-refractivity contribution is 7.00. The maximum Gasteiger partial charge on any atom is 0.252 e. The maximum atomic E-state index is 7.47. The lowest BCUT2D eigenvalue weighted by Gasteiger charge is -2.46. The molecule has 0 spiro atoms. The van der Waals surface area contributed by atoms with Crippen molar-refractivity contribution in [3.05, 3.63) is 268 Å². The lowest BCUT2D eigenvalue weighted by Crippen LogP contribution is -2.62. The van der Waals surface area contributed by atoms with Crippen LogP contribution in [-0.2, 0) is 21.7 Å². The van der Waals surface area contributed by atoms with Crippen LogP contribution in [0.1, 0.15) is 126 Å². The lowest BCUT2D eigenvalue weighted by molar-refractivity contribution is 0.589. The SMILES string of the molecule is Cc1ccc(N(c2ccc(C)cc2)c2ccc(N3c4ccc(C(C)(C)C)cc4B4c5cc(C(C)(C)C)ccc5N(c5ccc(N(c6ccc(C)cc6)c6ccc(C)cc6)c6c5oc5ccccc56)c5cc(C(C)(C)C)cc3c54)c3c2-c2ccccc2C3(C)C)cc1. The zero-order valence-electron chi connectivity index (χ0n) is 55.6. The average molecular weight is 1190 g/mol. The maximum absolute atomic E-state index is 7.47. The van der Waals surface area contributed by atoms with Crippen molar-refractivity contribution < 1.29 is 4.42 Å². The molecule has 0 radical (unpaired) electrons. The summed E-state index contributed by atoms with van der Waals surface area (Å²) in [5.41, 5.74) is 32.1. The molecule has 12 aromatic rings. The van der Waals surface area contributed by atoms with E-state index in [4.69, 9.17) is 4.42 Å². The molecule has 3 heterocycles. The third kappa shape index (κ3) is 9.33. The summed E-state index contributed by atoms with van der Waals surface area (Å²) in [6, 6.07) is 83.3. The number of rotatable bonds is 8. The van der Waals surface area contributed by atoms with Crippen molar-refractivity contribution >= 4 is 113 Å². The highest BCUT2D eigenvalue weighted by atomic mass is 16.3. The Labute approximate surface area is 539 Å². The van der Waals surface area contributed by atoms with Gasteiger partial charge < -0.3 is 24.0 Å². The van der Waals surface area contributed by atoms with Gasteiger partial charge in [-0.1, -0.05) is 214 Å². The number of nitrogens with zero attached hydrogens (tertiary/aromatic N) is 4. The summed E-state index contributed by atoms with van der Waals surface area (Å²) in [5, 5.41) is 2.14. The molecule has 11 aromatic carbocycles. The predicted octanol–water partition coefficient (Wildman–Crippen LogP) is 22.0. The molecule has 0 amide bonds. The van der Waals surface area contributed by atoms with Crippen LogP contribution in [0.15, 0.2) is 223 Å². The van der Waals surface area contributed by atoms with E-state index in [1.54, 1.807) is 0 Å². The van der Waals surface area contributed by atoms with Gasteiger partial charge in [-0.3, -0.25) is 0 Å². The number of anilines is 12. The minimum Gasteiger partial charge on any atom is -0.454 e. The first kappa shape index (κ1) is 57.9. The van der Waals surface area contributed by atoms with Gasteiger partial charge in [0.2, 0.25) is 0 Å². The second kappa shape index (κ2) is 20.8. The quantitative estimate of drug-likeness (QED) is 0.141. The standard InChI is InChI=1S/C85H81BN4O/c1-52-24-34-59(35-25-52)87(60-36-26-53(2)27-37-60)70-44-46-72(79-77(70)63-20-16-18-22-65(63)85(79,14)15)89-68-42-32-56(82(5,6)7)48-66(68)86-67-49-57(83(8,9)10)33-43-69(67)90(75-51-58(84(11,12)13)50-74(89)80(75)86)73-47-45-71(78-64-21-17-19-23-76(64)91-81(73)78)88(61-38-28-54(3)29-39-61)62-40-30-55(4)31-41-62/h16-51H,1-15H3. The number of furan rings is 1. The van der Waals surface area contributed by atoms with Crippen molar-refractivity contribution in [1.29, 1.82) is 0 Å². The second-order valence-electron chi connectivity index (χ2n) is 29.8. The normalized spacial score (nSPS) is 13.9. The number of aryl methyl sites for hydroxylation is 4. The molecule has 91 heavy (non-hydrogen) atoms. The number of benzene rings is 11. The molecule has 0 unspecified atom stereocenters. The fourth-order valence-corrected chi connectivity index (χ4v) is 14.9. The van der Waals surface area contributed by atoms with Crippen molar-refractivity contribution in [3.63, 3.8) is 0 Å². The zero-order chi connectivity index (χ0) is 63.4. The van der Waals surface area contributed by atoms with Gasteiger partial charge in [-0.15, -0.1) is 0 Å².